The average Bonchev–Trinajstić information content (AvgIpc) is 3.00. The highest BCUT2D eigenvalue weighted by atomic mass is 16.5. The summed E-state index contributed by atoms with van der Waals surface area (Å²) in [7, 11) is 0. The number of aryl methyl sites for hydroxylation is 1. The first-order valence-electron chi connectivity index (χ1n) is 9.75. The Labute approximate surface area is 165 Å². The number of ether oxygens (including phenoxy) is 1. The van der Waals surface area contributed by atoms with Crippen LogP contribution in [0, 0.1) is 18.3 Å². The number of fused-ring (bicyclic) bond motifs is 1. The second kappa shape index (κ2) is 7.78. The molecule has 150 valence electrons. The molecule has 1 fully saturated rings. The van der Waals surface area contributed by atoms with Crippen LogP contribution in [0.5, 0.6) is 0 Å². The number of amides is 1. The highest BCUT2D eigenvalue weighted by Gasteiger charge is 2.33. The van der Waals surface area contributed by atoms with Gasteiger partial charge < -0.3 is 14.6 Å². The van der Waals surface area contributed by atoms with E-state index in [1.807, 2.05) is 56.9 Å². The minimum absolute atomic E-state index is 0.101. The minimum atomic E-state index is -0.420. The molecule has 1 N–H and O–H groups in total. The molecule has 1 amide bonds. The van der Waals surface area contributed by atoms with Crippen molar-refractivity contribution in [1.29, 1.82) is 0 Å². The Morgan fingerprint density at radius 3 is 2.43 bits per heavy atom. The quantitative estimate of drug-likeness (QED) is 0.646. The molecule has 0 aliphatic carbocycles. The number of benzene rings is 1. The number of likely N-dealkylation sites (tertiary alicyclic amines) is 1. The van der Waals surface area contributed by atoms with Crippen molar-refractivity contribution in [2.24, 2.45) is 11.3 Å². The second-order valence-corrected chi connectivity index (χ2v) is 8.52. The van der Waals surface area contributed by atoms with Gasteiger partial charge in [0.05, 0.1) is 5.92 Å². The SMILES string of the molecule is Cc1[nH]c2ccccc2c1C(=O)COC(=O)C1CCN(C(=O)C(C)(C)C)CC1. The zero-order valence-corrected chi connectivity index (χ0v) is 17.0. The number of carbonyl (C=O) groups excluding carboxylic acids is 3. The molecule has 1 saturated heterocycles. The fourth-order valence-electron chi connectivity index (χ4n) is 3.76. The predicted octanol–water partition coefficient (Wildman–Crippen LogP) is 3.49. The van der Waals surface area contributed by atoms with Crippen LogP contribution in [0.15, 0.2) is 24.3 Å². The van der Waals surface area contributed by atoms with E-state index >= 15 is 0 Å². The molecule has 3 rings (SSSR count). The molecule has 0 saturated carbocycles. The first-order chi connectivity index (χ1) is 13.2. The Balaban J connectivity index is 1.55. The predicted molar refractivity (Wildman–Crippen MR) is 107 cm³/mol. The number of Topliss-reactive ketones (excluding diaryl/α,β-unsaturated/α-hetero) is 1. The summed E-state index contributed by atoms with van der Waals surface area (Å²) in [6.45, 7) is 8.37. The summed E-state index contributed by atoms with van der Waals surface area (Å²) in [6.07, 6.45) is 1.14. The first-order valence-corrected chi connectivity index (χ1v) is 9.75. The van der Waals surface area contributed by atoms with E-state index in [4.69, 9.17) is 4.74 Å². The molecule has 2 aromatic rings. The van der Waals surface area contributed by atoms with Crippen molar-refractivity contribution in [2.45, 2.75) is 40.5 Å². The van der Waals surface area contributed by atoms with Crippen molar-refractivity contribution >= 4 is 28.6 Å². The summed E-state index contributed by atoms with van der Waals surface area (Å²) < 4.78 is 5.33. The molecule has 28 heavy (non-hydrogen) atoms. The number of aromatic nitrogens is 1. The molecule has 1 aliphatic heterocycles. The lowest BCUT2D eigenvalue weighted by molar-refractivity contribution is -0.152. The molecular weight excluding hydrogens is 356 g/mol. The molecule has 0 unspecified atom stereocenters. The van der Waals surface area contributed by atoms with Crippen molar-refractivity contribution in [2.75, 3.05) is 19.7 Å². The smallest absolute Gasteiger partial charge is 0.309 e. The van der Waals surface area contributed by atoms with Crippen LogP contribution in [0.2, 0.25) is 0 Å². The highest BCUT2D eigenvalue weighted by molar-refractivity contribution is 6.10. The van der Waals surface area contributed by atoms with Gasteiger partial charge in [0.15, 0.2) is 6.61 Å². The van der Waals surface area contributed by atoms with Gasteiger partial charge in [-0.3, -0.25) is 14.4 Å². The van der Waals surface area contributed by atoms with Gasteiger partial charge in [-0.1, -0.05) is 39.0 Å². The number of nitrogens with one attached hydrogen (secondary N) is 1. The van der Waals surface area contributed by atoms with Gasteiger partial charge in [0.25, 0.3) is 0 Å². The third-order valence-corrected chi connectivity index (χ3v) is 5.28. The van der Waals surface area contributed by atoms with Gasteiger partial charge in [-0.25, -0.2) is 0 Å². The standard InChI is InChI=1S/C22H28N2O4/c1-14-19(16-7-5-6-8-17(16)23-14)18(25)13-28-20(26)15-9-11-24(12-10-15)21(27)22(2,3)4/h5-8,15,23H,9-13H2,1-4H3. The van der Waals surface area contributed by atoms with Crippen LogP contribution in [0.25, 0.3) is 10.9 Å². The Morgan fingerprint density at radius 1 is 1.14 bits per heavy atom. The number of hydrogen-bond acceptors (Lipinski definition) is 4. The van der Waals surface area contributed by atoms with Crippen molar-refractivity contribution in [3.63, 3.8) is 0 Å². The van der Waals surface area contributed by atoms with Crippen molar-refractivity contribution < 1.29 is 19.1 Å². The largest absolute Gasteiger partial charge is 0.457 e. The van der Waals surface area contributed by atoms with Crippen LogP contribution in [0.1, 0.15) is 49.7 Å². The van der Waals surface area contributed by atoms with Gasteiger partial charge in [-0.2, -0.15) is 0 Å². The summed E-state index contributed by atoms with van der Waals surface area (Å²) in [4.78, 5) is 42.4. The Kier molecular flexibility index (Phi) is 5.59. The number of hydrogen-bond donors (Lipinski definition) is 1. The highest BCUT2D eigenvalue weighted by Crippen LogP contribution is 2.25. The third-order valence-electron chi connectivity index (χ3n) is 5.28. The van der Waals surface area contributed by atoms with Crippen LogP contribution < -0.4 is 0 Å². The fourth-order valence-corrected chi connectivity index (χ4v) is 3.76. The Bertz CT molecular complexity index is 899. The Hall–Kier alpha value is -2.63. The van der Waals surface area contributed by atoms with Gasteiger partial charge in [-0.05, 0) is 25.8 Å². The zero-order valence-electron chi connectivity index (χ0n) is 17.0. The number of aromatic amines is 1. The average molecular weight is 384 g/mol. The number of carbonyl (C=O) groups is 3. The lowest BCUT2D eigenvalue weighted by atomic mass is 9.91. The number of ketones is 1. The molecule has 0 spiro atoms. The third kappa shape index (κ3) is 4.11. The fraction of sp³-hybridized carbons (Fsp3) is 0.500. The van der Waals surface area contributed by atoms with E-state index in [1.165, 1.54) is 0 Å². The summed E-state index contributed by atoms with van der Waals surface area (Å²) in [5.41, 5.74) is 1.83. The van der Waals surface area contributed by atoms with E-state index in [2.05, 4.69) is 4.98 Å². The molecule has 2 heterocycles. The van der Waals surface area contributed by atoms with Crippen LogP contribution in [0.4, 0.5) is 0 Å². The van der Waals surface area contributed by atoms with E-state index in [0.29, 0.717) is 31.5 Å². The molecule has 1 aromatic heterocycles. The number of para-hydroxylation sites is 1. The number of esters is 1. The van der Waals surface area contributed by atoms with Gasteiger partial charge in [-0.15, -0.1) is 0 Å². The molecule has 1 aliphatic rings. The normalized spacial score (nSPS) is 15.6. The van der Waals surface area contributed by atoms with Crippen LogP contribution in [-0.2, 0) is 14.3 Å². The van der Waals surface area contributed by atoms with Crippen LogP contribution in [-0.4, -0.2) is 47.2 Å². The van der Waals surface area contributed by atoms with Crippen molar-refractivity contribution in [1.82, 2.24) is 9.88 Å². The number of rotatable bonds is 4. The molecule has 1 aromatic carbocycles. The van der Waals surface area contributed by atoms with Gasteiger partial charge in [0, 0.05) is 40.7 Å². The lowest BCUT2D eigenvalue weighted by Crippen LogP contribution is -2.45. The maximum absolute atomic E-state index is 12.6. The number of piperidine rings is 1. The topological polar surface area (TPSA) is 79.5 Å². The first kappa shape index (κ1) is 20.1. The monoisotopic (exact) mass is 384 g/mol. The summed E-state index contributed by atoms with van der Waals surface area (Å²) in [6, 6.07) is 7.59. The van der Waals surface area contributed by atoms with Crippen molar-refractivity contribution in [3.8, 4) is 0 Å². The van der Waals surface area contributed by atoms with E-state index in [1.54, 1.807) is 0 Å². The van der Waals surface area contributed by atoms with Gasteiger partial charge >= 0.3 is 5.97 Å². The van der Waals surface area contributed by atoms with Gasteiger partial charge in [0.1, 0.15) is 0 Å². The molecule has 0 atom stereocenters. The molecule has 0 bridgehead atoms. The lowest BCUT2D eigenvalue weighted by Gasteiger charge is -2.34. The molecule has 0 radical (unpaired) electrons. The van der Waals surface area contributed by atoms with E-state index in [0.717, 1.165) is 16.6 Å². The van der Waals surface area contributed by atoms with Crippen molar-refractivity contribution in [3.05, 3.63) is 35.5 Å². The second-order valence-electron chi connectivity index (χ2n) is 8.52. The molecule has 6 heteroatoms. The Morgan fingerprint density at radius 2 is 1.79 bits per heavy atom. The summed E-state index contributed by atoms with van der Waals surface area (Å²) in [5.74, 6) is -0.720. The molecule has 6 nitrogen and oxygen atoms in total. The van der Waals surface area contributed by atoms with E-state index < -0.39 is 5.41 Å². The summed E-state index contributed by atoms with van der Waals surface area (Å²) >= 11 is 0. The van der Waals surface area contributed by atoms with Gasteiger partial charge in [0.2, 0.25) is 11.7 Å². The van der Waals surface area contributed by atoms with E-state index in [-0.39, 0.29) is 30.2 Å². The summed E-state index contributed by atoms with van der Waals surface area (Å²) in [5, 5.41) is 0.843. The van der Waals surface area contributed by atoms with Crippen LogP contribution in [0.3, 0.4) is 0 Å². The number of nitrogens with zero attached hydrogens (tertiary/aromatic N) is 1. The van der Waals surface area contributed by atoms with Crippen LogP contribution >= 0.6 is 0 Å². The zero-order chi connectivity index (χ0) is 20.5. The minimum Gasteiger partial charge on any atom is -0.457 e. The molecular formula is C22H28N2O4. The maximum Gasteiger partial charge on any atom is 0.309 e. The number of H-pyrrole nitrogens is 1. The van der Waals surface area contributed by atoms with E-state index in [9.17, 15) is 14.4 Å². The maximum atomic E-state index is 12.6.